The minimum Gasteiger partial charge on any atom is -0.445 e. The van der Waals surface area contributed by atoms with E-state index in [9.17, 15) is 19.3 Å². The molecule has 9 nitrogen and oxygen atoms in total. The number of halogens is 1. The number of imidazole rings is 1. The summed E-state index contributed by atoms with van der Waals surface area (Å²) in [4.78, 5) is 27.1. The van der Waals surface area contributed by atoms with Gasteiger partial charge in [0.2, 0.25) is 0 Å². The zero-order valence-corrected chi connectivity index (χ0v) is 13.3. The van der Waals surface area contributed by atoms with Gasteiger partial charge < -0.3 is 24.5 Å². The Morgan fingerprint density at radius 3 is 2.88 bits per heavy atom. The molecular weight excluding hydrogens is 335 g/mol. The van der Waals surface area contributed by atoms with Gasteiger partial charge in [-0.2, -0.15) is 0 Å². The van der Waals surface area contributed by atoms with Crippen LogP contribution in [0, 0.1) is 15.9 Å². The predicted molar refractivity (Wildman–Crippen MR) is 82.5 cm³/mol. The standard InChI is InChI=1S/C15H15FN4O5/c1-18(15(21)24-9-10-2-4-11(16)5-3-10)6-12-7-19-8-13(20(22)23)17-14(19)25-12/h2-5,8,12H,6-7,9H2,1H3. The Balaban J connectivity index is 1.48. The van der Waals surface area contributed by atoms with Crippen LogP contribution in [0.1, 0.15) is 5.56 Å². The molecular formula is C15H15FN4O5. The van der Waals surface area contributed by atoms with Gasteiger partial charge >= 0.3 is 17.9 Å². The normalized spacial score (nSPS) is 15.4. The van der Waals surface area contributed by atoms with E-state index in [0.29, 0.717) is 12.1 Å². The summed E-state index contributed by atoms with van der Waals surface area (Å²) in [7, 11) is 1.56. The second-order valence-electron chi connectivity index (χ2n) is 5.59. The number of nitrogens with zero attached hydrogens (tertiary/aromatic N) is 4. The first-order valence-electron chi connectivity index (χ1n) is 7.43. The van der Waals surface area contributed by atoms with E-state index >= 15 is 0 Å². The van der Waals surface area contributed by atoms with Gasteiger partial charge in [-0.05, 0) is 22.6 Å². The molecule has 1 atom stereocenters. The summed E-state index contributed by atoms with van der Waals surface area (Å²) in [6, 6.07) is 5.81. The highest BCUT2D eigenvalue weighted by molar-refractivity contribution is 5.67. The van der Waals surface area contributed by atoms with Crippen LogP contribution in [0.2, 0.25) is 0 Å². The quantitative estimate of drug-likeness (QED) is 0.604. The van der Waals surface area contributed by atoms with Crippen molar-refractivity contribution in [1.29, 1.82) is 0 Å². The number of benzene rings is 1. The van der Waals surface area contributed by atoms with Crippen molar-refractivity contribution in [1.82, 2.24) is 14.5 Å². The molecule has 1 aromatic heterocycles. The minimum absolute atomic E-state index is 0.0305. The van der Waals surface area contributed by atoms with Gasteiger partial charge in [0.15, 0.2) is 0 Å². The SMILES string of the molecule is CN(CC1Cn2cc([N+](=O)[O-])nc2O1)C(=O)OCc1ccc(F)cc1. The van der Waals surface area contributed by atoms with E-state index in [1.807, 2.05) is 0 Å². The van der Waals surface area contributed by atoms with Crippen LogP contribution in [0.4, 0.5) is 15.0 Å². The lowest BCUT2D eigenvalue weighted by molar-refractivity contribution is -0.389. The van der Waals surface area contributed by atoms with Gasteiger partial charge in [-0.15, -0.1) is 0 Å². The number of nitro groups is 1. The number of carbonyl (C=O) groups is 1. The number of amides is 1. The lowest BCUT2D eigenvalue weighted by Gasteiger charge is -2.19. The Labute approximate surface area is 141 Å². The number of fused-ring (bicyclic) bond motifs is 1. The van der Waals surface area contributed by atoms with Crippen LogP contribution in [0.15, 0.2) is 30.5 Å². The third-order valence-electron chi connectivity index (χ3n) is 3.65. The van der Waals surface area contributed by atoms with Crippen LogP contribution < -0.4 is 4.74 Å². The first-order chi connectivity index (χ1) is 11.9. The van der Waals surface area contributed by atoms with Crippen molar-refractivity contribution in [2.45, 2.75) is 19.3 Å². The van der Waals surface area contributed by atoms with Crippen molar-refractivity contribution >= 4 is 11.9 Å². The molecule has 0 N–H and O–H groups in total. The highest BCUT2D eigenvalue weighted by atomic mass is 19.1. The average Bonchev–Trinajstić information content (AvgIpc) is 3.12. The third kappa shape index (κ3) is 3.84. The van der Waals surface area contributed by atoms with Crippen molar-refractivity contribution in [2.24, 2.45) is 0 Å². The molecule has 0 aliphatic carbocycles. The highest BCUT2D eigenvalue weighted by Gasteiger charge is 2.32. The second-order valence-corrected chi connectivity index (χ2v) is 5.59. The summed E-state index contributed by atoms with van der Waals surface area (Å²) in [6.07, 6.45) is 0.373. The van der Waals surface area contributed by atoms with Crippen molar-refractivity contribution in [3.8, 4) is 6.01 Å². The Bertz CT molecular complexity index is 768. The van der Waals surface area contributed by atoms with Gasteiger partial charge in [0.1, 0.15) is 24.7 Å². The maximum Gasteiger partial charge on any atom is 0.414 e. The minimum atomic E-state index is -0.595. The molecule has 1 aliphatic rings. The topological polar surface area (TPSA) is 99.7 Å². The fourth-order valence-corrected chi connectivity index (χ4v) is 2.42. The van der Waals surface area contributed by atoms with Crippen molar-refractivity contribution in [3.05, 3.63) is 52.0 Å². The van der Waals surface area contributed by atoms with Crippen LogP contribution in [0.25, 0.3) is 0 Å². The lowest BCUT2D eigenvalue weighted by atomic mass is 10.2. The first kappa shape index (κ1) is 16.7. The third-order valence-corrected chi connectivity index (χ3v) is 3.65. The summed E-state index contributed by atoms with van der Waals surface area (Å²) in [5.41, 5.74) is 0.674. The van der Waals surface area contributed by atoms with Crippen LogP contribution in [-0.2, 0) is 17.9 Å². The van der Waals surface area contributed by atoms with E-state index in [4.69, 9.17) is 9.47 Å². The van der Waals surface area contributed by atoms with E-state index in [0.717, 1.165) is 0 Å². The number of aromatic nitrogens is 2. The van der Waals surface area contributed by atoms with E-state index in [1.54, 1.807) is 7.05 Å². The summed E-state index contributed by atoms with van der Waals surface area (Å²) in [5, 5.41) is 10.6. The number of ether oxygens (including phenoxy) is 2. The lowest BCUT2D eigenvalue weighted by Crippen LogP contribution is -2.37. The zero-order chi connectivity index (χ0) is 18.0. The molecule has 0 fully saturated rings. The van der Waals surface area contributed by atoms with Crippen molar-refractivity contribution < 1.29 is 23.6 Å². The average molecular weight is 350 g/mol. The second kappa shape index (κ2) is 6.75. The van der Waals surface area contributed by atoms with Crippen LogP contribution in [-0.4, -0.2) is 45.2 Å². The summed E-state index contributed by atoms with van der Waals surface area (Å²) in [6.45, 7) is 0.619. The van der Waals surface area contributed by atoms with E-state index in [1.165, 1.54) is 39.9 Å². The molecule has 132 valence electrons. The molecule has 10 heteroatoms. The number of carbonyl (C=O) groups excluding carboxylic acids is 1. The van der Waals surface area contributed by atoms with Crippen LogP contribution >= 0.6 is 0 Å². The van der Waals surface area contributed by atoms with Crippen LogP contribution in [0.5, 0.6) is 6.01 Å². The molecule has 0 radical (unpaired) electrons. The molecule has 1 amide bonds. The van der Waals surface area contributed by atoms with Gasteiger partial charge in [-0.1, -0.05) is 12.1 Å². The van der Waals surface area contributed by atoms with Crippen molar-refractivity contribution in [2.75, 3.05) is 13.6 Å². The Morgan fingerprint density at radius 1 is 1.52 bits per heavy atom. The molecule has 2 aromatic rings. The molecule has 0 saturated carbocycles. The Morgan fingerprint density at radius 2 is 2.24 bits per heavy atom. The van der Waals surface area contributed by atoms with E-state index < -0.39 is 11.0 Å². The molecule has 25 heavy (non-hydrogen) atoms. The Kier molecular flexibility index (Phi) is 4.50. The number of hydrogen-bond acceptors (Lipinski definition) is 6. The highest BCUT2D eigenvalue weighted by Crippen LogP contribution is 2.25. The maximum absolute atomic E-state index is 12.8. The van der Waals surface area contributed by atoms with E-state index in [-0.39, 0.29) is 36.9 Å². The number of hydrogen-bond donors (Lipinski definition) is 0. The maximum atomic E-state index is 12.8. The van der Waals surface area contributed by atoms with Crippen LogP contribution in [0.3, 0.4) is 0 Å². The fourth-order valence-electron chi connectivity index (χ4n) is 2.42. The molecule has 1 aromatic carbocycles. The molecule has 2 heterocycles. The smallest absolute Gasteiger partial charge is 0.414 e. The largest absolute Gasteiger partial charge is 0.445 e. The summed E-state index contributed by atoms with van der Waals surface area (Å²) >= 11 is 0. The predicted octanol–water partition coefficient (Wildman–Crippen LogP) is 1.96. The van der Waals surface area contributed by atoms with Gasteiger partial charge in [0.25, 0.3) is 0 Å². The number of rotatable bonds is 5. The molecule has 3 rings (SSSR count). The van der Waals surface area contributed by atoms with Gasteiger partial charge in [0.05, 0.1) is 13.1 Å². The molecule has 1 unspecified atom stereocenters. The molecule has 1 aliphatic heterocycles. The van der Waals surface area contributed by atoms with Gasteiger partial charge in [-0.3, -0.25) is 4.57 Å². The number of likely N-dealkylation sites (N-methyl/N-ethyl adjacent to an activating group) is 1. The van der Waals surface area contributed by atoms with Gasteiger partial charge in [0, 0.05) is 12.0 Å². The van der Waals surface area contributed by atoms with Gasteiger partial charge in [-0.25, -0.2) is 9.18 Å². The van der Waals surface area contributed by atoms with E-state index in [2.05, 4.69) is 4.98 Å². The molecule has 0 spiro atoms. The zero-order valence-electron chi connectivity index (χ0n) is 13.3. The first-order valence-corrected chi connectivity index (χ1v) is 7.43. The van der Waals surface area contributed by atoms with Crippen molar-refractivity contribution in [3.63, 3.8) is 0 Å². The Hall–Kier alpha value is -3.17. The molecule has 0 saturated heterocycles. The fraction of sp³-hybridized carbons (Fsp3) is 0.333. The summed E-state index contributed by atoms with van der Waals surface area (Å²) < 4.78 is 25.0. The monoisotopic (exact) mass is 350 g/mol. The summed E-state index contributed by atoms with van der Waals surface area (Å²) in [5.74, 6) is -0.635. The molecule has 0 bridgehead atoms.